The Hall–Kier alpha value is -3.03. The van der Waals surface area contributed by atoms with E-state index in [2.05, 4.69) is 5.32 Å². The number of carboxylic acids is 1. The van der Waals surface area contributed by atoms with E-state index in [-0.39, 0.29) is 6.42 Å². The summed E-state index contributed by atoms with van der Waals surface area (Å²) in [5.74, 6) is -1.10. The smallest absolute Gasteiger partial charge is 0.418 e. The van der Waals surface area contributed by atoms with Crippen LogP contribution in [-0.4, -0.2) is 45.1 Å². The van der Waals surface area contributed by atoms with Crippen LogP contribution in [0.5, 0.6) is 0 Å². The molecular weight excluding hydrogens is 400 g/mol. The molecule has 0 fully saturated rings. The van der Waals surface area contributed by atoms with Gasteiger partial charge in [-0.15, -0.1) is 0 Å². The maximum absolute atomic E-state index is 12.3. The number of benzene rings is 1. The Bertz CT molecular complexity index is 949. The van der Waals surface area contributed by atoms with Crippen molar-refractivity contribution in [2.75, 3.05) is 0 Å². The first-order valence-corrected chi connectivity index (χ1v) is 10.3. The number of carbonyl (C=O) groups is 3. The number of aryl methyl sites for hydroxylation is 1. The molecule has 8 heteroatoms. The van der Waals surface area contributed by atoms with Crippen LogP contribution in [0.1, 0.15) is 59.9 Å². The van der Waals surface area contributed by atoms with Gasteiger partial charge in [-0.2, -0.15) is 0 Å². The molecule has 1 unspecified atom stereocenters. The van der Waals surface area contributed by atoms with Crippen molar-refractivity contribution in [1.82, 2.24) is 9.88 Å². The number of ether oxygens (including phenoxy) is 2. The zero-order valence-electron chi connectivity index (χ0n) is 19.0. The molecule has 0 saturated heterocycles. The summed E-state index contributed by atoms with van der Waals surface area (Å²) in [6.45, 7) is 10.6. The number of nitrogens with one attached hydrogen (secondary N) is 1. The minimum atomic E-state index is -1.10. The molecule has 0 aliphatic heterocycles. The number of nitrogens with zero attached hydrogens (tertiary/aromatic N) is 1. The Balaban J connectivity index is 1.98. The predicted octanol–water partition coefficient (Wildman–Crippen LogP) is 4.73. The van der Waals surface area contributed by atoms with Crippen molar-refractivity contribution in [3.8, 4) is 0 Å². The first-order chi connectivity index (χ1) is 14.2. The lowest BCUT2D eigenvalue weighted by molar-refractivity contribution is -0.139. The number of hydrogen-bond acceptors (Lipinski definition) is 5. The highest BCUT2D eigenvalue weighted by Crippen LogP contribution is 2.21. The highest BCUT2D eigenvalue weighted by Gasteiger charge is 2.24. The van der Waals surface area contributed by atoms with E-state index in [1.807, 2.05) is 45.0 Å². The SMILES string of the molecule is CC(C)(C)OC(=O)NC(CCCc1ccc2c(ccn2C(=O)OC(C)(C)C)c1)C(=O)O. The monoisotopic (exact) mass is 432 g/mol. The second-order valence-electron chi connectivity index (χ2n) is 9.49. The summed E-state index contributed by atoms with van der Waals surface area (Å²) >= 11 is 0. The van der Waals surface area contributed by atoms with Crippen molar-refractivity contribution >= 4 is 29.1 Å². The number of amides is 1. The van der Waals surface area contributed by atoms with Gasteiger partial charge < -0.3 is 19.9 Å². The quantitative estimate of drug-likeness (QED) is 0.684. The average molecular weight is 433 g/mol. The molecule has 1 aromatic heterocycles. The molecule has 0 aliphatic carbocycles. The van der Waals surface area contributed by atoms with Crippen LogP contribution in [0, 0.1) is 0 Å². The Kier molecular flexibility index (Phi) is 7.36. The van der Waals surface area contributed by atoms with E-state index >= 15 is 0 Å². The van der Waals surface area contributed by atoms with Gasteiger partial charge in [-0.25, -0.2) is 14.4 Å². The molecule has 8 nitrogen and oxygen atoms in total. The van der Waals surface area contributed by atoms with Gasteiger partial charge in [-0.05, 0) is 84.6 Å². The number of fused-ring (bicyclic) bond motifs is 1. The molecule has 1 heterocycles. The molecule has 0 bridgehead atoms. The lowest BCUT2D eigenvalue weighted by atomic mass is 10.0. The second kappa shape index (κ2) is 9.41. The summed E-state index contributed by atoms with van der Waals surface area (Å²) in [6, 6.07) is 6.54. The Morgan fingerprint density at radius 1 is 1.03 bits per heavy atom. The van der Waals surface area contributed by atoms with Crippen LogP contribution in [0.4, 0.5) is 9.59 Å². The van der Waals surface area contributed by atoms with E-state index in [1.165, 1.54) is 4.57 Å². The summed E-state index contributed by atoms with van der Waals surface area (Å²) in [5, 5.41) is 12.7. The van der Waals surface area contributed by atoms with Gasteiger partial charge in [-0.1, -0.05) is 6.07 Å². The number of rotatable bonds is 6. The zero-order valence-corrected chi connectivity index (χ0v) is 19.0. The molecule has 1 amide bonds. The predicted molar refractivity (Wildman–Crippen MR) is 117 cm³/mol. The Morgan fingerprint density at radius 2 is 1.68 bits per heavy atom. The van der Waals surface area contributed by atoms with Gasteiger partial charge >= 0.3 is 18.2 Å². The van der Waals surface area contributed by atoms with E-state index in [9.17, 15) is 19.5 Å². The van der Waals surface area contributed by atoms with Crippen molar-refractivity contribution in [1.29, 1.82) is 0 Å². The zero-order chi connectivity index (χ0) is 23.4. The summed E-state index contributed by atoms with van der Waals surface area (Å²) in [5.41, 5.74) is 0.476. The molecule has 1 atom stereocenters. The normalized spacial score (nSPS) is 13.0. The van der Waals surface area contributed by atoms with Crippen LogP contribution >= 0.6 is 0 Å². The molecule has 170 valence electrons. The molecule has 0 radical (unpaired) electrons. The molecule has 1 aromatic carbocycles. The van der Waals surface area contributed by atoms with Gasteiger partial charge in [0.15, 0.2) is 0 Å². The molecule has 2 N–H and O–H groups in total. The highest BCUT2D eigenvalue weighted by atomic mass is 16.6. The van der Waals surface area contributed by atoms with Gasteiger partial charge in [0.2, 0.25) is 0 Å². The van der Waals surface area contributed by atoms with Crippen molar-refractivity contribution in [2.45, 2.75) is 78.0 Å². The maximum atomic E-state index is 12.3. The van der Waals surface area contributed by atoms with Gasteiger partial charge in [0, 0.05) is 11.6 Å². The van der Waals surface area contributed by atoms with Crippen LogP contribution in [0.3, 0.4) is 0 Å². The lowest BCUT2D eigenvalue weighted by Crippen LogP contribution is -2.43. The third kappa shape index (κ3) is 7.62. The van der Waals surface area contributed by atoms with E-state index < -0.39 is 35.4 Å². The fourth-order valence-corrected chi connectivity index (χ4v) is 3.04. The second-order valence-corrected chi connectivity index (χ2v) is 9.49. The van der Waals surface area contributed by atoms with E-state index in [1.54, 1.807) is 27.0 Å². The molecule has 0 aliphatic rings. The molecule has 0 spiro atoms. The fraction of sp³-hybridized carbons (Fsp3) is 0.522. The van der Waals surface area contributed by atoms with Crippen molar-refractivity contribution in [3.05, 3.63) is 36.0 Å². The van der Waals surface area contributed by atoms with E-state index in [4.69, 9.17) is 9.47 Å². The summed E-state index contributed by atoms with van der Waals surface area (Å²) in [4.78, 5) is 35.7. The van der Waals surface area contributed by atoms with Crippen molar-refractivity contribution in [2.24, 2.45) is 0 Å². The third-order valence-corrected chi connectivity index (χ3v) is 4.29. The number of aromatic nitrogens is 1. The first-order valence-electron chi connectivity index (χ1n) is 10.3. The molecule has 2 rings (SSSR count). The minimum absolute atomic E-state index is 0.269. The Morgan fingerprint density at radius 3 is 2.26 bits per heavy atom. The van der Waals surface area contributed by atoms with Gasteiger partial charge in [-0.3, -0.25) is 4.57 Å². The van der Waals surface area contributed by atoms with Crippen LogP contribution in [0.25, 0.3) is 10.9 Å². The lowest BCUT2D eigenvalue weighted by Gasteiger charge is -2.22. The topological polar surface area (TPSA) is 107 Å². The van der Waals surface area contributed by atoms with Gasteiger partial charge in [0.25, 0.3) is 0 Å². The van der Waals surface area contributed by atoms with Gasteiger partial charge in [0.05, 0.1) is 5.52 Å². The molecular formula is C23H32N2O6. The first kappa shape index (κ1) is 24.2. The summed E-state index contributed by atoms with van der Waals surface area (Å²) in [7, 11) is 0. The fourth-order valence-electron chi connectivity index (χ4n) is 3.04. The van der Waals surface area contributed by atoms with Crippen LogP contribution < -0.4 is 5.32 Å². The summed E-state index contributed by atoms with van der Waals surface area (Å²) < 4.78 is 12.0. The standard InChI is InChI=1S/C23H32N2O6/c1-22(2,3)30-20(28)24-17(19(26)27)9-7-8-15-10-11-18-16(14-15)12-13-25(18)21(29)31-23(4,5)6/h10-14,17H,7-9H2,1-6H3,(H,24,28)(H,26,27). The highest BCUT2D eigenvalue weighted by molar-refractivity contribution is 5.90. The third-order valence-electron chi connectivity index (χ3n) is 4.29. The Labute approximate surface area is 182 Å². The van der Waals surface area contributed by atoms with Crippen LogP contribution in [0.2, 0.25) is 0 Å². The van der Waals surface area contributed by atoms with Crippen molar-refractivity contribution < 1.29 is 29.0 Å². The number of carbonyl (C=O) groups excluding carboxylic acids is 2. The number of aliphatic carboxylic acids is 1. The van der Waals surface area contributed by atoms with Crippen LogP contribution in [0.15, 0.2) is 30.5 Å². The van der Waals surface area contributed by atoms with E-state index in [0.29, 0.717) is 12.8 Å². The number of hydrogen-bond donors (Lipinski definition) is 2. The molecule has 2 aromatic rings. The largest absolute Gasteiger partial charge is 0.480 e. The maximum Gasteiger partial charge on any atom is 0.418 e. The van der Waals surface area contributed by atoms with Gasteiger partial charge in [0.1, 0.15) is 17.2 Å². The average Bonchev–Trinajstić information content (AvgIpc) is 3.01. The molecule has 0 saturated carbocycles. The minimum Gasteiger partial charge on any atom is -0.480 e. The van der Waals surface area contributed by atoms with E-state index in [0.717, 1.165) is 16.5 Å². The summed E-state index contributed by atoms with van der Waals surface area (Å²) in [6.07, 6.45) is 1.95. The number of carboxylic acid groups (broad SMARTS) is 1. The number of alkyl carbamates (subject to hydrolysis) is 1. The van der Waals surface area contributed by atoms with Crippen molar-refractivity contribution in [3.63, 3.8) is 0 Å². The molecule has 31 heavy (non-hydrogen) atoms. The van der Waals surface area contributed by atoms with Crippen LogP contribution in [-0.2, 0) is 20.7 Å².